The van der Waals surface area contributed by atoms with E-state index >= 15 is 0 Å². The van der Waals surface area contributed by atoms with Gasteiger partial charge in [-0.05, 0) is 125 Å². The highest BCUT2D eigenvalue weighted by atomic mass is 32.1. The number of nitrogens with zero attached hydrogens (tertiary/aromatic N) is 1. The summed E-state index contributed by atoms with van der Waals surface area (Å²) in [6.07, 6.45) is 0. The highest BCUT2D eigenvalue weighted by molar-refractivity contribution is 7.25. The minimum atomic E-state index is -0.111. The van der Waals surface area contributed by atoms with Gasteiger partial charge in [0.1, 0.15) is 0 Å². The molecule has 1 aliphatic rings. The summed E-state index contributed by atoms with van der Waals surface area (Å²) in [7, 11) is 0. The van der Waals surface area contributed by atoms with Crippen LogP contribution in [0.3, 0.4) is 0 Å². The van der Waals surface area contributed by atoms with Crippen molar-refractivity contribution in [3.63, 3.8) is 0 Å². The average molecular weight is 878 g/mol. The number of hydrogen-bond donors (Lipinski definition) is 0. The van der Waals surface area contributed by atoms with Crippen molar-refractivity contribution >= 4 is 59.3 Å². The normalized spacial score (nSPS) is 13.0. The van der Waals surface area contributed by atoms with E-state index in [1.165, 1.54) is 103 Å². The lowest BCUT2D eigenvalue weighted by Gasteiger charge is -2.31. The molecule has 0 N–H and O–H groups in total. The van der Waals surface area contributed by atoms with Crippen LogP contribution in [0.2, 0.25) is 0 Å². The van der Waals surface area contributed by atoms with Crippen molar-refractivity contribution in [3.05, 3.63) is 235 Å². The predicted molar refractivity (Wildman–Crippen MR) is 290 cm³/mol. The second kappa shape index (κ2) is 15.8. The molecule has 0 saturated carbocycles. The summed E-state index contributed by atoms with van der Waals surface area (Å²) in [5.74, 6) is 0. The summed E-state index contributed by atoms with van der Waals surface area (Å²) < 4.78 is 2.61. The van der Waals surface area contributed by atoms with E-state index < -0.39 is 0 Å². The Morgan fingerprint density at radius 2 is 1.00 bits per heavy atom. The van der Waals surface area contributed by atoms with Gasteiger partial charge in [-0.15, -0.1) is 11.3 Å². The molecular weight excluding hydrogens is 827 g/mol. The molecule has 10 aromatic carbocycles. The molecule has 0 radical (unpaired) electrons. The van der Waals surface area contributed by atoms with Crippen molar-refractivity contribution in [2.45, 2.75) is 45.4 Å². The second-order valence-corrected chi connectivity index (χ2v) is 20.7. The SMILES string of the molecule is CC(C)(C)c1ccc(-c2ccc(N(c3ccc4c(c3)-c3ccccc3C4(C)C)c3ccc4ccccc4c3-c3ccccc3-c3cccc4sc5ccccc5c34)cc2-c2ccccc2)cc1. The third-order valence-electron chi connectivity index (χ3n) is 14.3. The van der Waals surface area contributed by atoms with E-state index in [2.05, 4.69) is 258 Å². The van der Waals surface area contributed by atoms with Crippen molar-refractivity contribution in [2.75, 3.05) is 4.90 Å². The van der Waals surface area contributed by atoms with Gasteiger partial charge >= 0.3 is 0 Å². The van der Waals surface area contributed by atoms with Gasteiger partial charge in [0.25, 0.3) is 0 Å². The molecule has 0 aliphatic heterocycles. The smallest absolute Gasteiger partial charge is 0.0546 e. The summed E-state index contributed by atoms with van der Waals surface area (Å²) in [6, 6.07) is 81.8. The fourth-order valence-corrected chi connectivity index (χ4v) is 12.0. The molecule has 0 saturated heterocycles. The van der Waals surface area contributed by atoms with E-state index in [-0.39, 0.29) is 10.8 Å². The lowest BCUT2D eigenvalue weighted by Crippen LogP contribution is -2.15. The van der Waals surface area contributed by atoms with Gasteiger partial charge in [0, 0.05) is 42.5 Å². The summed E-state index contributed by atoms with van der Waals surface area (Å²) in [6.45, 7) is 11.6. The van der Waals surface area contributed by atoms with Crippen molar-refractivity contribution in [2.24, 2.45) is 0 Å². The second-order valence-electron chi connectivity index (χ2n) is 19.7. The zero-order chi connectivity index (χ0) is 45.4. The lowest BCUT2D eigenvalue weighted by atomic mass is 9.82. The van der Waals surface area contributed by atoms with E-state index in [1.54, 1.807) is 0 Å². The van der Waals surface area contributed by atoms with Crippen LogP contribution in [0.5, 0.6) is 0 Å². The number of fused-ring (bicyclic) bond motifs is 7. The van der Waals surface area contributed by atoms with Gasteiger partial charge in [-0.3, -0.25) is 0 Å². The first-order chi connectivity index (χ1) is 32.6. The van der Waals surface area contributed by atoms with Gasteiger partial charge in [0.15, 0.2) is 0 Å². The van der Waals surface area contributed by atoms with Crippen molar-refractivity contribution in [1.82, 2.24) is 0 Å². The van der Waals surface area contributed by atoms with Gasteiger partial charge in [-0.2, -0.15) is 0 Å². The number of hydrogen-bond acceptors (Lipinski definition) is 2. The molecule has 2 heteroatoms. The molecule has 322 valence electrons. The van der Waals surface area contributed by atoms with Crippen LogP contribution in [0.25, 0.3) is 86.6 Å². The standard InChI is InChI=1S/C65H51NS/c1-64(2,3)45-33-30-44(31-34-45)48-37-35-46(40-55(48)42-18-7-6-8-19-42)66(47-36-38-58-56(41-47)51-23-13-15-27-57(51)65(58,4)5)59-39-32-43-20-9-10-21-49(43)62(59)52-24-12-11-22-50(52)53-26-17-29-61-63(53)54-25-14-16-28-60(54)67-61/h6-41H,1-5H3. The third kappa shape index (κ3) is 6.81. The van der Waals surface area contributed by atoms with Gasteiger partial charge in [0.05, 0.1) is 5.69 Å². The average Bonchev–Trinajstić information content (AvgIpc) is 3.86. The maximum absolute atomic E-state index is 2.53. The molecule has 1 heterocycles. The number of thiophene rings is 1. The van der Waals surface area contributed by atoms with Crippen LogP contribution >= 0.6 is 11.3 Å². The first-order valence-corrected chi connectivity index (χ1v) is 24.3. The fraction of sp³-hybridized carbons (Fsp3) is 0.108. The van der Waals surface area contributed by atoms with Crippen molar-refractivity contribution in [1.29, 1.82) is 0 Å². The van der Waals surface area contributed by atoms with E-state index in [0.717, 1.165) is 17.1 Å². The van der Waals surface area contributed by atoms with Gasteiger partial charge in [-0.1, -0.05) is 211 Å². The molecule has 0 atom stereocenters. The molecule has 11 aromatic rings. The van der Waals surface area contributed by atoms with Crippen molar-refractivity contribution < 1.29 is 0 Å². The van der Waals surface area contributed by atoms with E-state index in [0.29, 0.717) is 0 Å². The van der Waals surface area contributed by atoms with Crippen LogP contribution in [0.15, 0.2) is 218 Å². The molecule has 0 bridgehead atoms. The Hall–Kier alpha value is -7.52. The largest absolute Gasteiger partial charge is 0.310 e. The number of benzene rings is 10. The summed E-state index contributed by atoms with van der Waals surface area (Å²) >= 11 is 1.87. The predicted octanol–water partition coefficient (Wildman–Crippen LogP) is 18.9. The van der Waals surface area contributed by atoms with Crippen LogP contribution < -0.4 is 4.90 Å². The fourth-order valence-electron chi connectivity index (χ4n) is 10.9. The van der Waals surface area contributed by atoms with Gasteiger partial charge in [-0.25, -0.2) is 0 Å². The lowest BCUT2D eigenvalue weighted by molar-refractivity contribution is 0.590. The summed E-state index contributed by atoms with van der Waals surface area (Å²) in [5, 5.41) is 5.04. The van der Waals surface area contributed by atoms with Crippen LogP contribution in [0, 0.1) is 0 Å². The maximum atomic E-state index is 2.53. The quantitative estimate of drug-likeness (QED) is 0.154. The van der Waals surface area contributed by atoms with E-state index in [9.17, 15) is 0 Å². The van der Waals surface area contributed by atoms with Crippen LogP contribution in [-0.2, 0) is 10.8 Å². The molecule has 67 heavy (non-hydrogen) atoms. The Bertz CT molecular complexity index is 3700. The topological polar surface area (TPSA) is 3.24 Å². The Labute approximate surface area is 398 Å². The van der Waals surface area contributed by atoms with Gasteiger partial charge in [0.2, 0.25) is 0 Å². The monoisotopic (exact) mass is 877 g/mol. The minimum absolute atomic E-state index is 0.0664. The first-order valence-electron chi connectivity index (χ1n) is 23.5. The van der Waals surface area contributed by atoms with Crippen LogP contribution in [0.1, 0.15) is 51.3 Å². The van der Waals surface area contributed by atoms with E-state index in [1.807, 2.05) is 11.3 Å². The number of rotatable bonds is 7. The zero-order valence-electron chi connectivity index (χ0n) is 38.6. The van der Waals surface area contributed by atoms with Crippen LogP contribution in [0.4, 0.5) is 17.1 Å². The highest BCUT2D eigenvalue weighted by Gasteiger charge is 2.36. The van der Waals surface area contributed by atoms with Crippen molar-refractivity contribution in [3.8, 4) is 55.6 Å². The molecule has 1 aliphatic carbocycles. The number of anilines is 3. The molecule has 12 rings (SSSR count). The molecule has 1 aromatic heterocycles. The minimum Gasteiger partial charge on any atom is -0.310 e. The Kier molecular flexibility index (Phi) is 9.68. The Morgan fingerprint density at radius 1 is 0.403 bits per heavy atom. The van der Waals surface area contributed by atoms with E-state index in [4.69, 9.17) is 0 Å². The summed E-state index contributed by atoms with van der Waals surface area (Å²) in [4.78, 5) is 2.53. The molecule has 0 unspecified atom stereocenters. The Balaban J connectivity index is 1.15. The molecule has 0 amide bonds. The molecule has 0 fully saturated rings. The Morgan fingerprint density at radius 3 is 1.79 bits per heavy atom. The molecule has 1 nitrogen and oxygen atoms in total. The first kappa shape index (κ1) is 40.9. The third-order valence-corrected chi connectivity index (χ3v) is 15.4. The highest BCUT2D eigenvalue weighted by Crippen LogP contribution is 2.53. The molecular formula is C65H51NS. The van der Waals surface area contributed by atoms with Crippen LogP contribution in [-0.4, -0.2) is 0 Å². The summed E-state index contributed by atoms with van der Waals surface area (Å²) in [5.41, 5.74) is 19.6. The van der Waals surface area contributed by atoms with Gasteiger partial charge < -0.3 is 4.90 Å². The maximum Gasteiger partial charge on any atom is 0.0546 e. The molecule has 0 spiro atoms. The zero-order valence-corrected chi connectivity index (χ0v) is 39.5.